The predicted molar refractivity (Wildman–Crippen MR) is 81.1 cm³/mol. The van der Waals surface area contributed by atoms with Gasteiger partial charge in [-0.3, -0.25) is 0 Å². The Hall–Kier alpha value is -2.29. The SMILES string of the molecule is Cc1cccc(OCCn2cnc3ccccc32)c1C. The standard InChI is InChI=1S/C17H18N2O/c1-13-6-5-9-17(14(13)2)20-11-10-19-12-18-15-7-3-4-8-16(15)19/h3-9,12H,10-11H2,1-2H3. The number of aromatic nitrogens is 2. The Morgan fingerprint density at radius 3 is 2.80 bits per heavy atom. The van der Waals surface area contributed by atoms with E-state index in [0.717, 1.165) is 23.3 Å². The number of aryl methyl sites for hydroxylation is 1. The fourth-order valence-corrected chi connectivity index (χ4v) is 2.32. The van der Waals surface area contributed by atoms with Crippen LogP contribution in [0.2, 0.25) is 0 Å². The zero-order valence-corrected chi connectivity index (χ0v) is 11.8. The fraction of sp³-hybridized carbons (Fsp3) is 0.235. The minimum absolute atomic E-state index is 0.643. The van der Waals surface area contributed by atoms with Crippen molar-refractivity contribution in [3.63, 3.8) is 0 Å². The predicted octanol–water partition coefficient (Wildman–Crippen LogP) is 3.73. The molecule has 0 saturated heterocycles. The molecule has 102 valence electrons. The molecule has 0 atom stereocenters. The summed E-state index contributed by atoms with van der Waals surface area (Å²) >= 11 is 0. The third-order valence-electron chi connectivity index (χ3n) is 3.67. The number of imidazole rings is 1. The highest BCUT2D eigenvalue weighted by Gasteiger charge is 2.03. The van der Waals surface area contributed by atoms with Gasteiger partial charge in [0, 0.05) is 0 Å². The van der Waals surface area contributed by atoms with Crippen LogP contribution in [0.15, 0.2) is 48.8 Å². The number of hydrogen-bond donors (Lipinski definition) is 0. The molecule has 0 radical (unpaired) electrons. The van der Waals surface area contributed by atoms with Crippen LogP contribution < -0.4 is 4.74 Å². The molecule has 0 spiro atoms. The maximum absolute atomic E-state index is 5.89. The monoisotopic (exact) mass is 266 g/mol. The molecule has 2 aromatic carbocycles. The Kier molecular flexibility index (Phi) is 3.42. The number of para-hydroxylation sites is 2. The van der Waals surface area contributed by atoms with Crippen molar-refractivity contribution in [2.24, 2.45) is 0 Å². The Balaban J connectivity index is 1.70. The van der Waals surface area contributed by atoms with Gasteiger partial charge in [-0.25, -0.2) is 4.98 Å². The second-order valence-corrected chi connectivity index (χ2v) is 4.97. The molecule has 0 aliphatic rings. The molecule has 1 heterocycles. The third kappa shape index (κ3) is 2.39. The average Bonchev–Trinajstić information content (AvgIpc) is 2.87. The van der Waals surface area contributed by atoms with E-state index in [2.05, 4.69) is 35.5 Å². The quantitative estimate of drug-likeness (QED) is 0.719. The minimum atomic E-state index is 0.643. The summed E-state index contributed by atoms with van der Waals surface area (Å²) in [4.78, 5) is 4.38. The van der Waals surface area contributed by atoms with Crippen LogP contribution in [-0.4, -0.2) is 16.2 Å². The summed E-state index contributed by atoms with van der Waals surface area (Å²) in [5.74, 6) is 0.967. The van der Waals surface area contributed by atoms with Crippen LogP contribution in [0.25, 0.3) is 11.0 Å². The lowest BCUT2D eigenvalue weighted by Gasteiger charge is -2.11. The minimum Gasteiger partial charge on any atom is -0.491 e. The first kappa shape index (κ1) is 12.7. The van der Waals surface area contributed by atoms with Crippen LogP contribution in [-0.2, 0) is 6.54 Å². The van der Waals surface area contributed by atoms with Gasteiger partial charge in [0.05, 0.1) is 23.9 Å². The highest BCUT2D eigenvalue weighted by molar-refractivity contribution is 5.74. The van der Waals surface area contributed by atoms with E-state index in [4.69, 9.17) is 4.74 Å². The number of rotatable bonds is 4. The van der Waals surface area contributed by atoms with Gasteiger partial charge in [-0.05, 0) is 43.2 Å². The molecule has 3 rings (SSSR count). The van der Waals surface area contributed by atoms with Crippen molar-refractivity contribution in [3.8, 4) is 5.75 Å². The first-order valence-corrected chi connectivity index (χ1v) is 6.84. The Morgan fingerprint density at radius 2 is 1.90 bits per heavy atom. The molecule has 0 aliphatic carbocycles. The summed E-state index contributed by atoms with van der Waals surface area (Å²) in [6.45, 7) is 5.64. The van der Waals surface area contributed by atoms with E-state index in [-0.39, 0.29) is 0 Å². The van der Waals surface area contributed by atoms with E-state index in [1.54, 1.807) is 0 Å². The molecule has 0 amide bonds. The van der Waals surface area contributed by atoms with Gasteiger partial charge in [0.15, 0.2) is 0 Å². The number of benzene rings is 2. The number of ether oxygens (including phenoxy) is 1. The van der Waals surface area contributed by atoms with Gasteiger partial charge in [0.1, 0.15) is 12.4 Å². The lowest BCUT2D eigenvalue weighted by Crippen LogP contribution is -2.08. The van der Waals surface area contributed by atoms with Crippen LogP contribution in [0.4, 0.5) is 0 Å². The zero-order chi connectivity index (χ0) is 13.9. The van der Waals surface area contributed by atoms with E-state index < -0.39 is 0 Å². The van der Waals surface area contributed by atoms with E-state index in [1.807, 2.05) is 36.7 Å². The van der Waals surface area contributed by atoms with Crippen LogP contribution in [0.1, 0.15) is 11.1 Å². The average molecular weight is 266 g/mol. The van der Waals surface area contributed by atoms with Crippen molar-refractivity contribution in [2.75, 3.05) is 6.61 Å². The summed E-state index contributed by atoms with van der Waals surface area (Å²) in [6.07, 6.45) is 1.87. The van der Waals surface area contributed by atoms with Crippen LogP contribution in [0.3, 0.4) is 0 Å². The lowest BCUT2D eigenvalue weighted by atomic mass is 10.1. The Labute approximate surface area is 118 Å². The van der Waals surface area contributed by atoms with Gasteiger partial charge >= 0.3 is 0 Å². The van der Waals surface area contributed by atoms with E-state index >= 15 is 0 Å². The zero-order valence-electron chi connectivity index (χ0n) is 11.8. The largest absolute Gasteiger partial charge is 0.491 e. The summed E-state index contributed by atoms with van der Waals surface area (Å²) in [7, 11) is 0. The number of nitrogens with zero attached hydrogens (tertiary/aromatic N) is 2. The Bertz CT molecular complexity index is 731. The van der Waals surface area contributed by atoms with Crippen molar-refractivity contribution < 1.29 is 4.74 Å². The lowest BCUT2D eigenvalue weighted by molar-refractivity contribution is 0.298. The van der Waals surface area contributed by atoms with Gasteiger partial charge in [-0.15, -0.1) is 0 Å². The topological polar surface area (TPSA) is 27.1 Å². The van der Waals surface area contributed by atoms with Crippen molar-refractivity contribution in [1.29, 1.82) is 0 Å². The first-order chi connectivity index (χ1) is 9.75. The first-order valence-electron chi connectivity index (χ1n) is 6.84. The molecule has 0 aliphatic heterocycles. The fourth-order valence-electron chi connectivity index (χ4n) is 2.32. The smallest absolute Gasteiger partial charge is 0.122 e. The highest BCUT2D eigenvalue weighted by atomic mass is 16.5. The number of fused-ring (bicyclic) bond motifs is 1. The molecule has 3 nitrogen and oxygen atoms in total. The van der Waals surface area contributed by atoms with Crippen molar-refractivity contribution in [1.82, 2.24) is 9.55 Å². The van der Waals surface area contributed by atoms with Crippen LogP contribution in [0.5, 0.6) is 5.75 Å². The van der Waals surface area contributed by atoms with Gasteiger partial charge in [-0.2, -0.15) is 0 Å². The molecule has 0 fully saturated rings. The molecule has 3 aromatic rings. The summed E-state index contributed by atoms with van der Waals surface area (Å²) in [5, 5.41) is 0. The molecular formula is C17H18N2O. The molecule has 0 unspecified atom stereocenters. The van der Waals surface area contributed by atoms with Crippen molar-refractivity contribution in [2.45, 2.75) is 20.4 Å². The normalized spacial score (nSPS) is 10.9. The third-order valence-corrected chi connectivity index (χ3v) is 3.67. The molecule has 0 N–H and O–H groups in total. The summed E-state index contributed by atoms with van der Waals surface area (Å²) < 4.78 is 8.02. The maximum atomic E-state index is 5.89. The van der Waals surface area contributed by atoms with E-state index in [0.29, 0.717) is 6.61 Å². The van der Waals surface area contributed by atoms with Gasteiger partial charge in [-0.1, -0.05) is 24.3 Å². The van der Waals surface area contributed by atoms with Crippen LogP contribution >= 0.6 is 0 Å². The van der Waals surface area contributed by atoms with Crippen molar-refractivity contribution >= 4 is 11.0 Å². The molecule has 0 saturated carbocycles. The van der Waals surface area contributed by atoms with Crippen molar-refractivity contribution in [3.05, 3.63) is 59.9 Å². The molecule has 1 aromatic heterocycles. The molecule has 0 bridgehead atoms. The Morgan fingerprint density at radius 1 is 1.05 bits per heavy atom. The molecular weight excluding hydrogens is 248 g/mol. The summed E-state index contributed by atoms with van der Waals surface area (Å²) in [5.41, 5.74) is 4.65. The van der Waals surface area contributed by atoms with Gasteiger partial charge < -0.3 is 9.30 Å². The van der Waals surface area contributed by atoms with Gasteiger partial charge in [0.25, 0.3) is 0 Å². The number of hydrogen-bond acceptors (Lipinski definition) is 2. The van der Waals surface area contributed by atoms with E-state index in [1.165, 1.54) is 11.1 Å². The highest BCUT2D eigenvalue weighted by Crippen LogP contribution is 2.20. The maximum Gasteiger partial charge on any atom is 0.122 e. The second kappa shape index (κ2) is 5.37. The van der Waals surface area contributed by atoms with Crippen LogP contribution in [0, 0.1) is 13.8 Å². The molecule has 20 heavy (non-hydrogen) atoms. The molecule has 3 heteroatoms. The summed E-state index contributed by atoms with van der Waals surface area (Å²) in [6, 6.07) is 14.3. The second-order valence-electron chi connectivity index (χ2n) is 4.97. The van der Waals surface area contributed by atoms with E-state index in [9.17, 15) is 0 Å². The van der Waals surface area contributed by atoms with Gasteiger partial charge in [0.2, 0.25) is 0 Å².